The van der Waals surface area contributed by atoms with Gasteiger partial charge in [-0.2, -0.15) is 5.26 Å². The van der Waals surface area contributed by atoms with E-state index in [1.807, 2.05) is 12.1 Å². The number of para-hydroxylation sites is 1. The molecular formula is C17H18N2O. The Morgan fingerprint density at radius 3 is 2.45 bits per heavy atom. The molecule has 0 radical (unpaired) electrons. The summed E-state index contributed by atoms with van der Waals surface area (Å²) in [4.78, 5) is 0. The van der Waals surface area contributed by atoms with Crippen LogP contribution >= 0.6 is 0 Å². The molecular weight excluding hydrogens is 248 g/mol. The van der Waals surface area contributed by atoms with E-state index in [1.54, 1.807) is 13.2 Å². The van der Waals surface area contributed by atoms with Crippen LogP contribution < -0.4 is 10.1 Å². The van der Waals surface area contributed by atoms with Crippen molar-refractivity contribution in [1.29, 1.82) is 5.26 Å². The maximum atomic E-state index is 9.21. The molecule has 2 aromatic carbocycles. The van der Waals surface area contributed by atoms with Crippen molar-refractivity contribution in [3.05, 3.63) is 59.2 Å². The van der Waals surface area contributed by atoms with Gasteiger partial charge in [-0.3, -0.25) is 0 Å². The molecule has 20 heavy (non-hydrogen) atoms. The van der Waals surface area contributed by atoms with Gasteiger partial charge in [0.1, 0.15) is 11.8 Å². The van der Waals surface area contributed by atoms with E-state index in [-0.39, 0.29) is 6.04 Å². The molecule has 3 nitrogen and oxygen atoms in total. The zero-order valence-electron chi connectivity index (χ0n) is 12.0. The number of methoxy groups -OCH3 is 1. The molecule has 0 amide bonds. The molecule has 2 rings (SSSR count). The summed E-state index contributed by atoms with van der Waals surface area (Å²) >= 11 is 0. The predicted octanol–water partition coefficient (Wildman–Crippen LogP) is 4.05. The minimum Gasteiger partial charge on any atom is -0.495 e. The molecule has 0 aromatic heterocycles. The van der Waals surface area contributed by atoms with Crippen LogP contribution in [-0.4, -0.2) is 7.11 Å². The van der Waals surface area contributed by atoms with Gasteiger partial charge in [0.05, 0.1) is 18.4 Å². The predicted molar refractivity (Wildman–Crippen MR) is 80.9 cm³/mol. The smallest absolute Gasteiger partial charge is 0.143 e. The van der Waals surface area contributed by atoms with Crippen LogP contribution in [0.25, 0.3) is 0 Å². The van der Waals surface area contributed by atoms with Gasteiger partial charge in [0.2, 0.25) is 0 Å². The summed E-state index contributed by atoms with van der Waals surface area (Å²) in [5.74, 6) is 0.683. The Balaban J connectivity index is 2.30. The molecule has 0 bridgehead atoms. The largest absolute Gasteiger partial charge is 0.495 e. The van der Waals surface area contributed by atoms with E-state index in [0.29, 0.717) is 11.3 Å². The number of nitrogens with one attached hydrogen (secondary N) is 1. The summed E-state index contributed by atoms with van der Waals surface area (Å²) in [7, 11) is 1.61. The van der Waals surface area contributed by atoms with Gasteiger partial charge in [0.15, 0.2) is 0 Å². The lowest BCUT2D eigenvalue weighted by atomic mass is 10.1. The number of hydrogen-bond donors (Lipinski definition) is 1. The van der Waals surface area contributed by atoms with Gasteiger partial charge in [0, 0.05) is 6.04 Å². The molecule has 2 aromatic rings. The maximum Gasteiger partial charge on any atom is 0.143 e. The minimum atomic E-state index is 0.0963. The van der Waals surface area contributed by atoms with Crippen LogP contribution in [0.5, 0.6) is 5.75 Å². The highest BCUT2D eigenvalue weighted by molar-refractivity contribution is 5.67. The van der Waals surface area contributed by atoms with Gasteiger partial charge in [-0.1, -0.05) is 35.9 Å². The molecule has 0 spiro atoms. The standard InChI is InChI=1S/C17H18N2O/c1-12-7-9-14(10-8-12)13(2)19-17-15(11-18)5-4-6-16(17)20-3/h4-10,13,19H,1-3H3. The third-order valence-corrected chi connectivity index (χ3v) is 3.30. The van der Waals surface area contributed by atoms with E-state index in [9.17, 15) is 5.26 Å². The Kier molecular flexibility index (Phi) is 4.27. The third-order valence-electron chi connectivity index (χ3n) is 3.30. The van der Waals surface area contributed by atoms with Crippen molar-refractivity contribution in [2.24, 2.45) is 0 Å². The topological polar surface area (TPSA) is 45.0 Å². The normalized spacial score (nSPS) is 11.5. The third kappa shape index (κ3) is 2.92. The van der Waals surface area contributed by atoms with Crippen LogP contribution in [-0.2, 0) is 0 Å². The van der Waals surface area contributed by atoms with E-state index in [1.165, 1.54) is 11.1 Å². The van der Waals surface area contributed by atoms with Gasteiger partial charge in [0.25, 0.3) is 0 Å². The number of anilines is 1. The molecule has 102 valence electrons. The Bertz CT molecular complexity index is 626. The van der Waals surface area contributed by atoms with Crippen LogP contribution in [0, 0.1) is 18.3 Å². The Morgan fingerprint density at radius 2 is 1.85 bits per heavy atom. The number of nitrogens with zero attached hydrogens (tertiary/aromatic N) is 1. The lowest BCUT2D eigenvalue weighted by Crippen LogP contribution is -2.09. The van der Waals surface area contributed by atoms with Crippen molar-refractivity contribution in [1.82, 2.24) is 0 Å². The van der Waals surface area contributed by atoms with Crippen molar-refractivity contribution in [2.75, 3.05) is 12.4 Å². The summed E-state index contributed by atoms with van der Waals surface area (Å²) in [6, 6.07) is 16.1. The summed E-state index contributed by atoms with van der Waals surface area (Å²) in [5.41, 5.74) is 3.73. The first-order valence-electron chi connectivity index (χ1n) is 6.56. The molecule has 0 heterocycles. The van der Waals surface area contributed by atoms with Gasteiger partial charge >= 0.3 is 0 Å². The molecule has 1 atom stereocenters. The molecule has 0 saturated heterocycles. The van der Waals surface area contributed by atoms with Crippen molar-refractivity contribution in [3.63, 3.8) is 0 Å². The average molecular weight is 266 g/mol. The molecule has 0 saturated carbocycles. The quantitative estimate of drug-likeness (QED) is 0.908. The van der Waals surface area contributed by atoms with Crippen LogP contribution in [0.1, 0.15) is 29.7 Å². The van der Waals surface area contributed by atoms with Crippen LogP contribution in [0.15, 0.2) is 42.5 Å². The molecule has 0 aliphatic carbocycles. The zero-order chi connectivity index (χ0) is 14.5. The summed E-state index contributed by atoms with van der Waals surface area (Å²) < 4.78 is 5.33. The van der Waals surface area contributed by atoms with Crippen molar-refractivity contribution < 1.29 is 4.74 Å². The number of aryl methyl sites for hydroxylation is 1. The van der Waals surface area contributed by atoms with Crippen LogP contribution in [0.3, 0.4) is 0 Å². The molecule has 0 aliphatic rings. The Hall–Kier alpha value is -2.47. The first kappa shape index (κ1) is 14.0. The number of benzene rings is 2. The van der Waals surface area contributed by atoms with E-state index in [0.717, 1.165) is 5.69 Å². The molecule has 0 aliphatic heterocycles. The zero-order valence-corrected chi connectivity index (χ0v) is 12.0. The number of nitriles is 1. The maximum absolute atomic E-state index is 9.21. The fourth-order valence-electron chi connectivity index (χ4n) is 2.10. The van der Waals surface area contributed by atoms with Gasteiger partial charge in [-0.15, -0.1) is 0 Å². The number of ether oxygens (including phenoxy) is 1. The second kappa shape index (κ2) is 6.12. The van der Waals surface area contributed by atoms with E-state index in [2.05, 4.69) is 49.5 Å². The summed E-state index contributed by atoms with van der Waals surface area (Å²) in [6.07, 6.45) is 0. The monoisotopic (exact) mass is 266 g/mol. The second-order valence-electron chi connectivity index (χ2n) is 4.77. The van der Waals surface area contributed by atoms with Crippen LogP contribution in [0.4, 0.5) is 5.69 Å². The fourth-order valence-corrected chi connectivity index (χ4v) is 2.10. The summed E-state index contributed by atoms with van der Waals surface area (Å²) in [6.45, 7) is 4.13. The summed E-state index contributed by atoms with van der Waals surface area (Å²) in [5, 5.41) is 12.6. The highest BCUT2D eigenvalue weighted by Gasteiger charge is 2.12. The number of hydrogen-bond acceptors (Lipinski definition) is 3. The second-order valence-corrected chi connectivity index (χ2v) is 4.77. The highest BCUT2D eigenvalue weighted by Crippen LogP contribution is 2.31. The van der Waals surface area contributed by atoms with Gasteiger partial charge < -0.3 is 10.1 Å². The van der Waals surface area contributed by atoms with E-state index < -0.39 is 0 Å². The van der Waals surface area contributed by atoms with Crippen molar-refractivity contribution in [3.8, 4) is 11.8 Å². The minimum absolute atomic E-state index is 0.0963. The first-order chi connectivity index (χ1) is 9.65. The SMILES string of the molecule is COc1cccc(C#N)c1NC(C)c1ccc(C)cc1. The average Bonchev–Trinajstić information content (AvgIpc) is 2.48. The Morgan fingerprint density at radius 1 is 1.15 bits per heavy atom. The molecule has 0 fully saturated rings. The van der Waals surface area contributed by atoms with E-state index in [4.69, 9.17) is 4.74 Å². The fraction of sp³-hybridized carbons (Fsp3) is 0.235. The Labute approximate surface area is 119 Å². The first-order valence-corrected chi connectivity index (χ1v) is 6.56. The van der Waals surface area contributed by atoms with Crippen LogP contribution in [0.2, 0.25) is 0 Å². The molecule has 1 unspecified atom stereocenters. The van der Waals surface area contributed by atoms with Crippen molar-refractivity contribution >= 4 is 5.69 Å². The van der Waals surface area contributed by atoms with E-state index >= 15 is 0 Å². The van der Waals surface area contributed by atoms with Gasteiger partial charge in [-0.05, 0) is 31.5 Å². The molecule has 3 heteroatoms. The van der Waals surface area contributed by atoms with Gasteiger partial charge in [-0.25, -0.2) is 0 Å². The molecule has 1 N–H and O–H groups in total. The lowest BCUT2D eigenvalue weighted by Gasteiger charge is -2.19. The van der Waals surface area contributed by atoms with Crippen molar-refractivity contribution in [2.45, 2.75) is 19.9 Å². The number of rotatable bonds is 4. The lowest BCUT2D eigenvalue weighted by molar-refractivity contribution is 0.416. The highest BCUT2D eigenvalue weighted by atomic mass is 16.5.